The zero-order valence-corrected chi connectivity index (χ0v) is 13.1. The van der Waals surface area contributed by atoms with E-state index in [0.29, 0.717) is 16.9 Å². The fourth-order valence-electron chi connectivity index (χ4n) is 2.57. The molecule has 0 saturated carbocycles. The number of imide groups is 1. The van der Waals surface area contributed by atoms with Crippen molar-refractivity contribution >= 4 is 17.7 Å². The molecule has 1 atom stereocenters. The van der Waals surface area contributed by atoms with Gasteiger partial charge in [-0.05, 0) is 17.7 Å². The minimum Gasteiger partial charge on any atom is -0.497 e. The van der Waals surface area contributed by atoms with Crippen molar-refractivity contribution in [1.29, 1.82) is 0 Å². The zero-order valence-electron chi connectivity index (χ0n) is 13.1. The standard InChI is InChI=1S/C18H16N2O4/c1-24-14-9-5-8-13(10-14)15(21)11-20-17(22)16(19-18(20)23)12-6-3-2-4-7-12/h2-10,16H,11H2,1H3,(H,19,23). The molecule has 1 N–H and O–H groups in total. The van der Waals surface area contributed by atoms with Crippen LogP contribution in [0.5, 0.6) is 5.75 Å². The summed E-state index contributed by atoms with van der Waals surface area (Å²) in [6.07, 6.45) is 0. The summed E-state index contributed by atoms with van der Waals surface area (Å²) in [7, 11) is 1.51. The molecule has 0 spiro atoms. The fraction of sp³-hybridized carbons (Fsp3) is 0.167. The van der Waals surface area contributed by atoms with Crippen molar-refractivity contribution in [3.05, 3.63) is 65.7 Å². The lowest BCUT2D eigenvalue weighted by Crippen LogP contribution is -2.35. The number of amides is 3. The number of benzene rings is 2. The molecule has 0 aromatic heterocycles. The van der Waals surface area contributed by atoms with Crippen molar-refractivity contribution in [2.75, 3.05) is 13.7 Å². The van der Waals surface area contributed by atoms with Crippen molar-refractivity contribution in [2.45, 2.75) is 6.04 Å². The highest BCUT2D eigenvalue weighted by molar-refractivity contribution is 6.09. The van der Waals surface area contributed by atoms with Crippen molar-refractivity contribution < 1.29 is 19.1 Å². The topological polar surface area (TPSA) is 75.7 Å². The molecule has 0 aliphatic carbocycles. The summed E-state index contributed by atoms with van der Waals surface area (Å²) in [5.74, 6) is -0.214. The molecule has 1 aliphatic heterocycles. The SMILES string of the molecule is COc1cccc(C(=O)CN2C(=O)NC(c3ccccc3)C2=O)c1. The van der Waals surface area contributed by atoms with E-state index in [2.05, 4.69) is 5.32 Å². The van der Waals surface area contributed by atoms with Gasteiger partial charge in [0.25, 0.3) is 5.91 Å². The van der Waals surface area contributed by atoms with Crippen LogP contribution in [0.1, 0.15) is 22.0 Å². The molecule has 1 fully saturated rings. The molecule has 2 aromatic rings. The highest BCUT2D eigenvalue weighted by Crippen LogP contribution is 2.22. The third-order valence-electron chi connectivity index (χ3n) is 3.85. The van der Waals surface area contributed by atoms with Gasteiger partial charge in [-0.3, -0.25) is 14.5 Å². The number of nitrogens with zero attached hydrogens (tertiary/aromatic N) is 1. The van der Waals surface area contributed by atoms with Crippen molar-refractivity contribution in [1.82, 2.24) is 10.2 Å². The van der Waals surface area contributed by atoms with Crippen LogP contribution in [-0.2, 0) is 4.79 Å². The van der Waals surface area contributed by atoms with Gasteiger partial charge in [0.1, 0.15) is 11.8 Å². The van der Waals surface area contributed by atoms with Gasteiger partial charge in [-0.2, -0.15) is 0 Å². The molecular weight excluding hydrogens is 308 g/mol. The first-order chi connectivity index (χ1) is 11.6. The quantitative estimate of drug-likeness (QED) is 0.675. The Labute approximate surface area is 139 Å². The molecule has 1 heterocycles. The van der Waals surface area contributed by atoms with Gasteiger partial charge in [-0.15, -0.1) is 0 Å². The summed E-state index contributed by atoms with van der Waals surface area (Å²) < 4.78 is 5.08. The van der Waals surface area contributed by atoms with Crippen molar-refractivity contribution in [2.24, 2.45) is 0 Å². The summed E-state index contributed by atoms with van der Waals surface area (Å²) in [5, 5.41) is 2.61. The predicted molar refractivity (Wildman–Crippen MR) is 86.8 cm³/mol. The Hall–Kier alpha value is -3.15. The molecule has 24 heavy (non-hydrogen) atoms. The van der Waals surface area contributed by atoms with Gasteiger partial charge in [-0.25, -0.2) is 4.79 Å². The van der Waals surface area contributed by atoms with E-state index < -0.39 is 18.0 Å². The van der Waals surface area contributed by atoms with Gasteiger partial charge < -0.3 is 10.1 Å². The lowest BCUT2D eigenvalue weighted by atomic mass is 10.1. The fourth-order valence-corrected chi connectivity index (χ4v) is 2.57. The Kier molecular flexibility index (Phi) is 4.29. The van der Waals surface area contributed by atoms with E-state index in [-0.39, 0.29) is 12.3 Å². The lowest BCUT2D eigenvalue weighted by molar-refractivity contribution is -0.127. The van der Waals surface area contributed by atoms with E-state index in [1.54, 1.807) is 48.5 Å². The lowest BCUT2D eigenvalue weighted by Gasteiger charge is -2.12. The van der Waals surface area contributed by atoms with Gasteiger partial charge in [-0.1, -0.05) is 42.5 Å². The van der Waals surface area contributed by atoms with Crippen LogP contribution in [-0.4, -0.2) is 36.3 Å². The average Bonchev–Trinajstić information content (AvgIpc) is 2.90. The van der Waals surface area contributed by atoms with Gasteiger partial charge in [0.2, 0.25) is 0 Å². The second kappa shape index (κ2) is 6.54. The Balaban J connectivity index is 1.76. The van der Waals surface area contributed by atoms with Gasteiger partial charge in [0, 0.05) is 5.56 Å². The molecule has 0 bridgehead atoms. The van der Waals surface area contributed by atoms with Crippen LogP contribution in [0.25, 0.3) is 0 Å². The van der Waals surface area contributed by atoms with Crippen LogP contribution in [0.4, 0.5) is 4.79 Å². The molecule has 122 valence electrons. The first kappa shape index (κ1) is 15.7. The van der Waals surface area contributed by atoms with E-state index >= 15 is 0 Å². The first-order valence-electron chi connectivity index (χ1n) is 7.44. The smallest absolute Gasteiger partial charge is 0.325 e. The molecular formula is C18H16N2O4. The summed E-state index contributed by atoms with van der Waals surface area (Å²) in [6.45, 7) is -0.304. The Morgan fingerprint density at radius 3 is 2.58 bits per heavy atom. The summed E-state index contributed by atoms with van der Waals surface area (Å²) >= 11 is 0. The molecule has 6 nitrogen and oxygen atoms in total. The normalized spacial score (nSPS) is 16.9. The van der Waals surface area contributed by atoms with Gasteiger partial charge >= 0.3 is 6.03 Å². The Morgan fingerprint density at radius 2 is 1.88 bits per heavy atom. The zero-order chi connectivity index (χ0) is 17.1. The molecule has 3 rings (SSSR count). The molecule has 1 saturated heterocycles. The van der Waals surface area contributed by atoms with E-state index in [1.807, 2.05) is 6.07 Å². The van der Waals surface area contributed by atoms with Crippen molar-refractivity contribution in [3.63, 3.8) is 0 Å². The molecule has 1 aliphatic rings. The summed E-state index contributed by atoms with van der Waals surface area (Å²) in [6, 6.07) is 14.2. The van der Waals surface area contributed by atoms with Crippen LogP contribution in [0.15, 0.2) is 54.6 Å². The number of hydrogen-bond donors (Lipinski definition) is 1. The maximum absolute atomic E-state index is 12.5. The third kappa shape index (κ3) is 2.99. The maximum Gasteiger partial charge on any atom is 0.325 e. The number of nitrogens with one attached hydrogen (secondary N) is 1. The monoisotopic (exact) mass is 324 g/mol. The van der Waals surface area contributed by atoms with E-state index in [1.165, 1.54) is 7.11 Å². The number of methoxy groups -OCH3 is 1. The Morgan fingerprint density at radius 1 is 1.12 bits per heavy atom. The molecule has 0 radical (unpaired) electrons. The molecule has 1 unspecified atom stereocenters. The predicted octanol–water partition coefficient (Wildman–Crippen LogP) is 2.17. The van der Waals surface area contributed by atoms with Gasteiger partial charge in [0.15, 0.2) is 5.78 Å². The highest BCUT2D eigenvalue weighted by Gasteiger charge is 2.39. The van der Waals surface area contributed by atoms with E-state index in [4.69, 9.17) is 4.74 Å². The van der Waals surface area contributed by atoms with E-state index in [0.717, 1.165) is 4.90 Å². The molecule has 6 heteroatoms. The number of carbonyl (C=O) groups excluding carboxylic acids is 3. The summed E-state index contributed by atoms with van der Waals surface area (Å²) in [4.78, 5) is 37.9. The second-order valence-corrected chi connectivity index (χ2v) is 5.37. The number of Topliss-reactive ketones (excluding diaryl/α,β-unsaturated/α-hetero) is 1. The largest absolute Gasteiger partial charge is 0.497 e. The van der Waals surface area contributed by atoms with Gasteiger partial charge in [0.05, 0.1) is 13.7 Å². The van der Waals surface area contributed by atoms with Crippen LogP contribution in [0, 0.1) is 0 Å². The number of hydrogen-bond acceptors (Lipinski definition) is 4. The Bertz CT molecular complexity index is 789. The van der Waals surface area contributed by atoms with Crippen LogP contribution < -0.4 is 10.1 Å². The number of ketones is 1. The number of rotatable bonds is 5. The van der Waals surface area contributed by atoms with E-state index in [9.17, 15) is 14.4 Å². The molecule has 3 amide bonds. The number of carbonyl (C=O) groups is 3. The molecule has 2 aromatic carbocycles. The number of urea groups is 1. The minimum absolute atomic E-state index is 0.304. The highest BCUT2D eigenvalue weighted by atomic mass is 16.5. The number of ether oxygens (including phenoxy) is 1. The van der Waals surface area contributed by atoms with Crippen LogP contribution >= 0.6 is 0 Å². The van der Waals surface area contributed by atoms with Crippen molar-refractivity contribution in [3.8, 4) is 5.75 Å². The maximum atomic E-state index is 12.5. The van der Waals surface area contributed by atoms with Crippen LogP contribution in [0.3, 0.4) is 0 Å². The average molecular weight is 324 g/mol. The minimum atomic E-state index is -0.753. The third-order valence-corrected chi connectivity index (χ3v) is 3.85. The summed E-state index contributed by atoms with van der Waals surface area (Å²) in [5.41, 5.74) is 1.07. The van der Waals surface area contributed by atoms with Crippen LogP contribution in [0.2, 0.25) is 0 Å². The first-order valence-corrected chi connectivity index (χ1v) is 7.44. The second-order valence-electron chi connectivity index (χ2n) is 5.37.